The van der Waals surface area contributed by atoms with Crippen LogP contribution >= 0.6 is 11.8 Å². The Labute approximate surface area is 100.0 Å². The first kappa shape index (κ1) is 11.3. The van der Waals surface area contributed by atoms with Gasteiger partial charge in [-0.3, -0.25) is 4.79 Å². The van der Waals surface area contributed by atoms with Crippen LogP contribution in [0.5, 0.6) is 0 Å². The molecular weight excluding hydrogens is 220 g/mol. The third-order valence-electron chi connectivity index (χ3n) is 2.77. The van der Waals surface area contributed by atoms with Crippen LogP contribution in [0.25, 0.3) is 0 Å². The maximum absolute atomic E-state index is 12.1. The fourth-order valence-corrected chi connectivity index (χ4v) is 3.06. The second-order valence-corrected chi connectivity index (χ2v) is 5.07. The highest BCUT2D eigenvalue weighted by molar-refractivity contribution is 8.01. The molecule has 2 rings (SSSR count). The molecule has 1 aliphatic heterocycles. The SMILES string of the molecule is CCC1Sc2ccc(N)cc2N(CC)C1=O. The fourth-order valence-electron chi connectivity index (χ4n) is 1.93. The summed E-state index contributed by atoms with van der Waals surface area (Å²) in [7, 11) is 0. The van der Waals surface area contributed by atoms with Crippen molar-refractivity contribution in [2.24, 2.45) is 0 Å². The largest absolute Gasteiger partial charge is 0.399 e. The maximum atomic E-state index is 12.1. The predicted octanol–water partition coefficient (Wildman–Crippen LogP) is 2.51. The third kappa shape index (κ3) is 1.78. The van der Waals surface area contributed by atoms with Crippen LogP contribution in [-0.4, -0.2) is 17.7 Å². The Bertz CT molecular complexity index is 419. The van der Waals surface area contributed by atoms with E-state index in [1.165, 1.54) is 0 Å². The van der Waals surface area contributed by atoms with Crippen molar-refractivity contribution >= 4 is 29.0 Å². The molecule has 4 heteroatoms. The molecule has 86 valence electrons. The topological polar surface area (TPSA) is 46.3 Å². The summed E-state index contributed by atoms with van der Waals surface area (Å²) in [6.45, 7) is 4.74. The highest BCUT2D eigenvalue weighted by Crippen LogP contribution is 2.40. The molecule has 1 heterocycles. The van der Waals surface area contributed by atoms with Gasteiger partial charge in [0, 0.05) is 17.1 Å². The number of hydrogen-bond donors (Lipinski definition) is 1. The van der Waals surface area contributed by atoms with E-state index < -0.39 is 0 Å². The van der Waals surface area contributed by atoms with Crippen LogP contribution in [0.4, 0.5) is 11.4 Å². The van der Waals surface area contributed by atoms with Gasteiger partial charge < -0.3 is 10.6 Å². The molecule has 2 N–H and O–H groups in total. The van der Waals surface area contributed by atoms with Gasteiger partial charge in [-0.15, -0.1) is 11.8 Å². The van der Waals surface area contributed by atoms with E-state index in [1.54, 1.807) is 11.8 Å². The van der Waals surface area contributed by atoms with Gasteiger partial charge in [-0.05, 0) is 31.5 Å². The van der Waals surface area contributed by atoms with Gasteiger partial charge in [0.1, 0.15) is 0 Å². The number of benzene rings is 1. The zero-order chi connectivity index (χ0) is 11.7. The smallest absolute Gasteiger partial charge is 0.240 e. The van der Waals surface area contributed by atoms with Crippen LogP contribution < -0.4 is 10.6 Å². The summed E-state index contributed by atoms with van der Waals surface area (Å²) in [6.07, 6.45) is 0.865. The first-order valence-corrected chi connectivity index (χ1v) is 6.42. The third-order valence-corrected chi connectivity index (χ3v) is 4.19. The molecule has 1 aromatic carbocycles. The van der Waals surface area contributed by atoms with Gasteiger partial charge in [0.25, 0.3) is 0 Å². The van der Waals surface area contributed by atoms with E-state index in [-0.39, 0.29) is 11.2 Å². The van der Waals surface area contributed by atoms with Crippen molar-refractivity contribution in [1.29, 1.82) is 0 Å². The Morgan fingerprint density at radius 3 is 2.81 bits per heavy atom. The van der Waals surface area contributed by atoms with E-state index in [2.05, 4.69) is 0 Å². The molecule has 0 aliphatic carbocycles. The summed E-state index contributed by atoms with van der Waals surface area (Å²) in [5.41, 5.74) is 7.43. The molecule has 1 aromatic rings. The molecule has 0 bridgehead atoms. The predicted molar refractivity (Wildman–Crippen MR) is 68.8 cm³/mol. The fraction of sp³-hybridized carbons (Fsp3) is 0.417. The number of amides is 1. The Morgan fingerprint density at radius 1 is 1.44 bits per heavy atom. The molecule has 1 aliphatic rings. The van der Waals surface area contributed by atoms with Gasteiger partial charge in [0.05, 0.1) is 10.9 Å². The van der Waals surface area contributed by atoms with Gasteiger partial charge in [-0.2, -0.15) is 0 Å². The Morgan fingerprint density at radius 2 is 2.19 bits per heavy atom. The molecule has 0 fully saturated rings. The normalized spacial score (nSPS) is 19.8. The number of anilines is 2. The first-order valence-electron chi connectivity index (χ1n) is 5.55. The van der Waals surface area contributed by atoms with Crippen molar-refractivity contribution in [3.8, 4) is 0 Å². The number of hydrogen-bond acceptors (Lipinski definition) is 3. The van der Waals surface area contributed by atoms with Crippen LogP contribution in [-0.2, 0) is 4.79 Å². The molecule has 3 nitrogen and oxygen atoms in total. The number of fused-ring (bicyclic) bond motifs is 1. The van der Waals surface area contributed by atoms with Crippen molar-refractivity contribution in [3.05, 3.63) is 18.2 Å². The van der Waals surface area contributed by atoms with Crippen LogP contribution in [0.1, 0.15) is 20.3 Å². The first-order chi connectivity index (χ1) is 7.67. The number of thioether (sulfide) groups is 1. The summed E-state index contributed by atoms with van der Waals surface area (Å²) in [4.78, 5) is 15.1. The summed E-state index contributed by atoms with van der Waals surface area (Å²) in [5, 5.41) is 0.0519. The minimum Gasteiger partial charge on any atom is -0.399 e. The van der Waals surface area contributed by atoms with Gasteiger partial charge in [-0.1, -0.05) is 6.92 Å². The molecule has 0 radical (unpaired) electrons. The molecule has 0 saturated carbocycles. The number of nitrogens with two attached hydrogens (primary N) is 1. The monoisotopic (exact) mass is 236 g/mol. The number of carbonyl (C=O) groups excluding carboxylic acids is 1. The quantitative estimate of drug-likeness (QED) is 0.802. The van der Waals surface area contributed by atoms with Crippen molar-refractivity contribution in [1.82, 2.24) is 0 Å². The zero-order valence-corrected chi connectivity index (χ0v) is 10.4. The minimum absolute atomic E-state index is 0.0519. The van der Waals surface area contributed by atoms with Gasteiger partial charge >= 0.3 is 0 Å². The maximum Gasteiger partial charge on any atom is 0.240 e. The lowest BCUT2D eigenvalue weighted by Crippen LogP contribution is -2.40. The van der Waals surface area contributed by atoms with Gasteiger partial charge in [0.2, 0.25) is 5.91 Å². The highest BCUT2D eigenvalue weighted by Gasteiger charge is 2.31. The van der Waals surface area contributed by atoms with Crippen LogP contribution in [0.3, 0.4) is 0 Å². The molecule has 1 atom stereocenters. The van der Waals surface area contributed by atoms with E-state index in [0.29, 0.717) is 12.2 Å². The second kappa shape index (κ2) is 4.37. The lowest BCUT2D eigenvalue weighted by Gasteiger charge is -2.32. The molecule has 1 amide bonds. The Hall–Kier alpha value is -1.16. The number of rotatable bonds is 2. The highest BCUT2D eigenvalue weighted by atomic mass is 32.2. The number of carbonyl (C=O) groups is 1. The van der Waals surface area contributed by atoms with Crippen molar-refractivity contribution < 1.29 is 4.79 Å². The summed E-state index contributed by atoms with van der Waals surface area (Å²) >= 11 is 1.65. The van der Waals surface area contributed by atoms with Crippen molar-refractivity contribution in [2.45, 2.75) is 30.4 Å². The van der Waals surface area contributed by atoms with Gasteiger partial charge in [0.15, 0.2) is 0 Å². The van der Waals surface area contributed by atoms with E-state index >= 15 is 0 Å². The van der Waals surface area contributed by atoms with Crippen LogP contribution in [0, 0.1) is 0 Å². The molecule has 16 heavy (non-hydrogen) atoms. The van der Waals surface area contributed by atoms with Gasteiger partial charge in [-0.25, -0.2) is 0 Å². The average molecular weight is 236 g/mol. The van der Waals surface area contributed by atoms with E-state index in [1.807, 2.05) is 36.9 Å². The zero-order valence-electron chi connectivity index (χ0n) is 9.56. The lowest BCUT2D eigenvalue weighted by molar-refractivity contribution is -0.118. The van der Waals surface area contributed by atoms with Crippen molar-refractivity contribution in [2.75, 3.05) is 17.2 Å². The second-order valence-electron chi connectivity index (χ2n) is 3.82. The van der Waals surface area contributed by atoms with Crippen LogP contribution in [0.2, 0.25) is 0 Å². The molecule has 1 unspecified atom stereocenters. The minimum atomic E-state index is 0.0519. The molecule has 0 aromatic heterocycles. The standard InChI is InChI=1S/C12H16N2OS/c1-3-10-12(15)14(4-2)9-7-8(13)5-6-11(9)16-10/h5-7,10H,3-4,13H2,1-2H3. The average Bonchev–Trinajstić information content (AvgIpc) is 2.28. The van der Waals surface area contributed by atoms with E-state index in [4.69, 9.17) is 5.73 Å². The molecular formula is C12H16N2OS. The lowest BCUT2D eigenvalue weighted by atomic mass is 10.2. The van der Waals surface area contributed by atoms with E-state index in [0.717, 1.165) is 17.0 Å². The Kier molecular flexibility index (Phi) is 3.10. The summed E-state index contributed by atoms with van der Waals surface area (Å²) in [6, 6.07) is 5.78. The number of nitrogen functional groups attached to an aromatic ring is 1. The Balaban J connectivity index is 2.47. The summed E-state index contributed by atoms with van der Waals surface area (Å²) < 4.78 is 0. The molecule has 0 spiro atoms. The summed E-state index contributed by atoms with van der Waals surface area (Å²) in [5.74, 6) is 0.202. The van der Waals surface area contributed by atoms with E-state index in [9.17, 15) is 4.79 Å². The van der Waals surface area contributed by atoms with Crippen molar-refractivity contribution in [3.63, 3.8) is 0 Å². The molecule has 0 saturated heterocycles. The number of nitrogens with zero attached hydrogens (tertiary/aromatic N) is 1. The van der Waals surface area contributed by atoms with Crippen LogP contribution in [0.15, 0.2) is 23.1 Å².